The number of carboxylic acids is 1. The number of H-pyrrole nitrogens is 1. The Labute approximate surface area is 174 Å². The molecule has 0 saturated heterocycles. The molecule has 30 heavy (non-hydrogen) atoms. The highest BCUT2D eigenvalue weighted by atomic mass is 16.4. The number of aromatic carboxylic acids is 1. The minimum absolute atomic E-state index is 0.224. The molecule has 0 amide bonds. The predicted octanol–water partition coefficient (Wildman–Crippen LogP) is 4.42. The summed E-state index contributed by atoms with van der Waals surface area (Å²) in [4.78, 5) is 16.0. The monoisotopic (exact) mass is 401 g/mol. The maximum absolute atomic E-state index is 11.6. The third-order valence-electron chi connectivity index (χ3n) is 5.13. The number of aromatic nitrogens is 5. The van der Waals surface area contributed by atoms with Crippen molar-refractivity contribution in [3.63, 3.8) is 0 Å². The van der Waals surface area contributed by atoms with E-state index in [0.29, 0.717) is 6.54 Å². The fraction of sp³-hybridized carbons (Fsp3) is 0.217. The maximum atomic E-state index is 11.6. The molecule has 4 rings (SSSR count). The number of nitrogens with zero attached hydrogens (tertiary/aromatic N) is 4. The number of benzene rings is 2. The quantitative estimate of drug-likeness (QED) is 0.455. The van der Waals surface area contributed by atoms with Gasteiger partial charge in [0.05, 0.1) is 12.4 Å². The molecule has 4 aromatic rings. The molecule has 2 heterocycles. The minimum Gasteiger partial charge on any atom is -0.477 e. The van der Waals surface area contributed by atoms with Crippen molar-refractivity contribution >= 4 is 5.97 Å². The SMILES string of the molecule is CCCCc1ncc(C(=O)O)n1Cc1ccc(-c2ccccc2-c2cn[nH]n2)cc1. The number of carbonyl (C=O) groups is 1. The first-order valence-corrected chi connectivity index (χ1v) is 9.99. The van der Waals surface area contributed by atoms with E-state index in [9.17, 15) is 9.90 Å². The van der Waals surface area contributed by atoms with Crippen LogP contribution in [0, 0.1) is 0 Å². The molecule has 2 aromatic heterocycles. The molecule has 2 aromatic carbocycles. The van der Waals surface area contributed by atoms with E-state index >= 15 is 0 Å². The predicted molar refractivity (Wildman–Crippen MR) is 114 cm³/mol. The van der Waals surface area contributed by atoms with Gasteiger partial charge in [0.2, 0.25) is 0 Å². The number of rotatable bonds is 8. The minimum atomic E-state index is -0.955. The third-order valence-corrected chi connectivity index (χ3v) is 5.13. The molecular weight excluding hydrogens is 378 g/mol. The zero-order valence-electron chi connectivity index (χ0n) is 16.7. The number of aromatic amines is 1. The van der Waals surface area contributed by atoms with Gasteiger partial charge >= 0.3 is 5.97 Å². The molecule has 0 atom stereocenters. The zero-order chi connectivity index (χ0) is 20.9. The summed E-state index contributed by atoms with van der Waals surface area (Å²) in [6.45, 7) is 2.59. The van der Waals surface area contributed by atoms with Gasteiger partial charge in [0.25, 0.3) is 0 Å². The molecule has 0 saturated carbocycles. The topological polar surface area (TPSA) is 96.7 Å². The van der Waals surface area contributed by atoms with Crippen LogP contribution in [0.5, 0.6) is 0 Å². The number of hydrogen-bond donors (Lipinski definition) is 2. The van der Waals surface area contributed by atoms with Crippen LogP contribution in [0.2, 0.25) is 0 Å². The number of unbranched alkanes of at least 4 members (excludes halogenated alkanes) is 1. The van der Waals surface area contributed by atoms with Crippen LogP contribution in [0.3, 0.4) is 0 Å². The van der Waals surface area contributed by atoms with Crippen LogP contribution in [0.1, 0.15) is 41.6 Å². The smallest absolute Gasteiger partial charge is 0.354 e. The first-order valence-electron chi connectivity index (χ1n) is 9.99. The lowest BCUT2D eigenvalue weighted by atomic mass is 9.97. The second kappa shape index (κ2) is 8.73. The van der Waals surface area contributed by atoms with Crippen LogP contribution in [0.25, 0.3) is 22.4 Å². The van der Waals surface area contributed by atoms with Gasteiger partial charge in [0, 0.05) is 18.5 Å². The Morgan fingerprint density at radius 2 is 1.83 bits per heavy atom. The normalized spacial score (nSPS) is 11.0. The summed E-state index contributed by atoms with van der Waals surface area (Å²) in [5.41, 5.74) is 5.17. The van der Waals surface area contributed by atoms with Crippen molar-refractivity contribution < 1.29 is 9.90 Å². The molecule has 0 aliphatic rings. The Balaban J connectivity index is 1.62. The number of aryl methyl sites for hydroxylation is 1. The molecule has 0 fully saturated rings. The highest BCUT2D eigenvalue weighted by Crippen LogP contribution is 2.30. The fourth-order valence-corrected chi connectivity index (χ4v) is 3.56. The molecule has 0 aliphatic heterocycles. The molecule has 0 aliphatic carbocycles. The highest BCUT2D eigenvalue weighted by molar-refractivity contribution is 5.85. The van der Waals surface area contributed by atoms with Gasteiger partial charge in [0.1, 0.15) is 17.2 Å². The summed E-state index contributed by atoms with van der Waals surface area (Å²) < 4.78 is 1.80. The summed E-state index contributed by atoms with van der Waals surface area (Å²) in [5.74, 6) is -0.141. The van der Waals surface area contributed by atoms with Gasteiger partial charge in [-0.1, -0.05) is 61.9 Å². The first-order chi connectivity index (χ1) is 14.7. The summed E-state index contributed by atoms with van der Waals surface area (Å²) in [6.07, 6.45) is 5.95. The van der Waals surface area contributed by atoms with Crippen molar-refractivity contribution in [3.05, 3.63) is 78.0 Å². The summed E-state index contributed by atoms with van der Waals surface area (Å²) in [7, 11) is 0. The summed E-state index contributed by atoms with van der Waals surface area (Å²) >= 11 is 0. The van der Waals surface area contributed by atoms with Gasteiger partial charge < -0.3 is 9.67 Å². The van der Waals surface area contributed by atoms with Crippen LogP contribution >= 0.6 is 0 Å². The molecule has 7 heteroatoms. The molecular formula is C23H23N5O2. The van der Waals surface area contributed by atoms with Crippen LogP contribution in [0.4, 0.5) is 0 Å². The summed E-state index contributed by atoms with van der Waals surface area (Å²) in [5, 5.41) is 20.3. The lowest BCUT2D eigenvalue weighted by Crippen LogP contribution is -2.12. The van der Waals surface area contributed by atoms with Crippen molar-refractivity contribution in [2.75, 3.05) is 0 Å². The van der Waals surface area contributed by atoms with E-state index in [1.807, 2.05) is 30.3 Å². The first kappa shape index (κ1) is 19.6. The van der Waals surface area contributed by atoms with E-state index in [4.69, 9.17) is 0 Å². The van der Waals surface area contributed by atoms with Crippen LogP contribution in [-0.4, -0.2) is 36.0 Å². The molecule has 0 unspecified atom stereocenters. The Morgan fingerprint density at radius 3 is 2.50 bits per heavy atom. The van der Waals surface area contributed by atoms with E-state index in [2.05, 4.69) is 45.5 Å². The van der Waals surface area contributed by atoms with Crippen molar-refractivity contribution in [1.29, 1.82) is 0 Å². The number of carboxylic acid groups (broad SMARTS) is 1. The Bertz CT molecular complexity index is 1130. The van der Waals surface area contributed by atoms with E-state index < -0.39 is 5.97 Å². The molecule has 0 radical (unpaired) electrons. The van der Waals surface area contributed by atoms with Crippen molar-refractivity contribution in [2.24, 2.45) is 0 Å². The number of nitrogens with one attached hydrogen (secondary N) is 1. The molecule has 152 valence electrons. The van der Waals surface area contributed by atoms with E-state index in [-0.39, 0.29) is 5.69 Å². The van der Waals surface area contributed by atoms with Gasteiger partial charge in [-0.05, 0) is 23.1 Å². The standard InChI is InChI=1S/C23H23N5O2/c1-2-3-8-22-24-14-21(23(29)30)28(22)15-16-9-11-17(12-10-16)18-6-4-5-7-19(18)20-13-25-27-26-20/h4-7,9-14H,2-3,8,15H2,1H3,(H,29,30)(H,25,26,27). The van der Waals surface area contributed by atoms with Gasteiger partial charge in [-0.25, -0.2) is 9.78 Å². The molecule has 2 N–H and O–H groups in total. The molecule has 7 nitrogen and oxygen atoms in total. The highest BCUT2D eigenvalue weighted by Gasteiger charge is 2.16. The maximum Gasteiger partial charge on any atom is 0.354 e. The Kier molecular flexibility index (Phi) is 5.70. The van der Waals surface area contributed by atoms with Crippen molar-refractivity contribution in [1.82, 2.24) is 25.0 Å². The van der Waals surface area contributed by atoms with Gasteiger partial charge in [-0.2, -0.15) is 15.4 Å². The van der Waals surface area contributed by atoms with E-state index in [0.717, 1.165) is 53.0 Å². The average molecular weight is 401 g/mol. The third kappa shape index (κ3) is 4.00. The Morgan fingerprint density at radius 1 is 1.07 bits per heavy atom. The zero-order valence-corrected chi connectivity index (χ0v) is 16.7. The van der Waals surface area contributed by atoms with Gasteiger partial charge in [-0.3, -0.25) is 0 Å². The second-order valence-corrected chi connectivity index (χ2v) is 7.15. The van der Waals surface area contributed by atoms with Crippen molar-refractivity contribution in [2.45, 2.75) is 32.7 Å². The lowest BCUT2D eigenvalue weighted by molar-refractivity contribution is 0.0685. The van der Waals surface area contributed by atoms with Gasteiger partial charge in [-0.15, -0.1) is 0 Å². The Hall–Kier alpha value is -3.74. The number of hydrogen-bond acceptors (Lipinski definition) is 4. The van der Waals surface area contributed by atoms with Gasteiger partial charge in [0.15, 0.2) is 0 Å². The van der Waals surface area contributed by atoms with Crippen LogP contribution in [0.15, 0.2) is 60.9 Å². The molecule has 0 bridgehead atoms. The number of imidazole rings is 1. The fourth-order valence-electron chi connectivity index (χ4n) is 3.56. The second-order valence-electron chi connectivity index (χ2n) is 7.15. The largest absolute Gasteiger partial charge is 0.477 e. The molecule has 0 spiro atoms. The van der Waals surface area contributed by atoms with Crippen molar-refractivity contribution in [3.8, 4) is 22.4 Å². The van der Waals surface area contributed by atoms with E-state index in [1.54, 1.807) is 10.8 Å². The lowest BCUT2D eigenvalue weighted by Gasteiger charge is -2.12. The van der Waals surface area contributed by atoms with Crippen LogP contribution < -0.4 is 0 Å². The van der Waals surface area contributed by atoms with Crippen LogP contribution in [-0.2, 0) is 13.0 Å². The summed E-state index contributed by atoms with van der Waals surface area (Å²) in [6, 6.07) is 16.2. The average Bonchev–Trinajstić information content (AvgIpc) is 3.43. The van der Waals surface area contributed by atoms with E-state index in [1.165, 1.54) is 6.20 Å².